The summed E-state index contributed by atoms with van der Waals surface area (Å²) in [5, 5.41) is 4.24. The van der Waals surface area contributed by atoms with Crippen molar-refractivity contribution in [3.8, 4) is 0 Å². The minimum absolute atomic E-state index is 0.331. The predicted molar refractivity (Wildman–Crippen MR) is 58.5 cm³/mol. The van der Waals surface area contributed by atoms with Gasteiger partial charge in [0.15, 0.2) is 0 Å². The number of hydrogen-bond donors (Lipinski definition) is 0. The van der Waals surface area contributed by atoms with Gasteiger partial charge in [-0.1, -0.05) is 29.8 Å². The van der Waals surface area contributed by atoms with E-state index in [4.69, 9.17) is 11.6 Å². The topological polar surface area (TPSA) is 56.2 Å². The van der Waals surface area contributed by atoms with E-state index in [1.54, 1.807) is 0 Å². The largest absolute Gasteiger partial charge is 0.542 e. The molecular formula is C11H10ClNO3. The van der Waals surface area contributed by atoms with Gasteiger partial charge in [0.25, 0.3) is 0 Å². The third kappa shape index (κ3) is 2.73. The molecule has 0 atom stereocenters. The van der Waals surface area contributed by atoms with Crippen molar-refractivity contribution in [1.82, 2.24) is 5.16 Å². The summed E-state index contributed by atoms with van der Waals surface area (Å²) >= 11 is 6.00. The van der Waals surface area contributed by atoms with Crippen LogP contribution in [0.4, 0.5) is 0 Å². The molecule has 0 spiro atoms. The van der Waals surface area contributed by atoms with Gasteiger partial charge in [0.05, 0.1) is 0 Å². The van der Waals surface area contributed by atoms with Gasteiger partial charge in [0, 0.05) is 11.4 Å². The fourth-order valence-electron chi connectivity index (χ4n) is 1.45. The summed E-state index contributed by atoms with van der Waals surface area (Å²) in [6.07, 6.45) is 2.19. The van der Waals surface area contributed by atoms with Crippen LogP contribution < -0.4 is 5.82 Å². The molecule has 0 aliphatic carbocycles. The molecule has 0 saturated carbocycles. The smallest absolute Gasteiger partial charge is 0.375 e. The number of halogens is 1. The average molecular weight is 240 g/mol. The van der Waals surface area contributed by atoms with Crippen LogP contribution in [0.5, 0.6) is 0 Å². The lowest BCUT2D eigenvalue weighted by Crippen LogP contribution is -1.92. The maximum Gasteiger partial charge on any atom is 0.542 e. The molecule has 1 heterocycles. The molecule has 1 aromatic carbocycles. The lowest BCUT2D eigenvalue weighted by molar-refractivity contribution is 0.334. The van der Waals surface area contributed by atoms with Crippen LogP contribution in [0.3, 0.4) is 0 Å². The Morgan fingerprint density at radius 1 is 1.25 bits per heavy atom. The molecule has 0 saturated heterocycles. The van der Waals surface area contributed by atoms with Crippen LogP contribution >= 0.6 is 11.6 Å². The number of benzene rings is 1. The molecule has 0 radical (unpaired) electrons. The first kappa shape index (κ1) is 11.0. The zero-order chi connectivity index (χ0) is 11.4. The van der Waals surface area contributed by atoms with Crippen molar-refractivity contribution in [2.75, 3.05) is 0 Å². The summed E-state index contributed by atoms with van der Waals surface area (Å²) in [5.41, 5.74) is 1.08. The Morgan fingerprint density at radius 2 is 2.06 bits per heavy atom. The molecule has 0 unspecified atom stereocenters. The molecule has 16 heavy (non-hydrogen) atoms. The minimum Gasteiger partial charge on any atom is -0.375 e. The van der Waals surface area contributed by atoms with Gasteiger partial charge in [-0.2, -0.15) is 0 Å². The molecule has 0 aliphatic heterocycles. The maximum absolute atomic E-state index is 10.6. The molecule has 0 N–H and O–H groups in total. The summed E-state index contributed by atoms with van der Waals surface area (Å²) in [4.78, 5) is 10.6. The molecule has 5 heteroatoms. The number of aromatic nitrogens is 1. The SMILES string of the molecule is O=c1onc(CCCc2ccccc2Cl)o1. The van der Waals surface area contributed by atoms with E-state index in [9.17, 15) is 4.79 Å². The second kappa shape index (κ2) is 4.99. The van der Waals surface area contributed by atoms with Crippen LogP contribution in [0.25, 0.3) is 0 Å². The van der Waals surface area contributed by atoms with Crippen molar-refractivity contribution in [2.45, 2.75) is 19.3 Å². The van der Waals surface area contributed by atoms with E-state index in [1.807, 2.05) is 24.3 Å². The van der Waals surface area contributed by atoms with Crippen molar-refractivity contribution in [1.29, 1.82) is 0 Å². The molecule has 0 amide bonds. The van der Waals surface area contributed by atoms with E-state index < -0.39 is 5.82 Å². The fraction of sp³-hybridized carbons (Fsp3) is 0.273. The Balaban J connectivity index is 1.89. The maximum atomic E-state index is 10.6. The van der Waals surface area contributed by atoms with Gasteiger partial charge in [-0.3, -0.25) is 4.52 Å². The van der Waals surface area contributed by atoms with Gasteiger partial charge >= 0.3 is 5.82 Å². The van der Waals surface area contributed by atoms with E-state index in [1.165, 1.54) is 0 Å². The van der Waals surface area contributed by atoms with Crippen molar-refractivity contribution in [3.63, 3.8) is 0 Å². The highest BCUT2D eigenvalue weighted by Gasteiger charge is 2.04. The Kier molecular flexibility index (Phi) is 3.41. The lowest BCUT2D eigenvalue weighted by Gasteiger charge is -2.01. The minimum atomic E-state index is -0.757. The van der Waals surface area contributed by atoms with Gasteiger partial charge in [0.1, 0.15) is 0 Å². The predicted octanol–water partition coefficient (Wildman–Crippen LogP) is 2.46. The average Bonchev–Trinajstić information content (AvgIpc) is 2.67. The monoisotopic (exact) mass is 239 g/mol. The van der Waals surface area contributed by atoms with Gasteiger partial charge in [-0.15, -0.1) is 0 Å². The zero-order valence-corrected chi connectivity index (χ0v) is 9.24. The first-order chi connectivity index (χ1) is 7.75. The van der Waals surface area contributed by atoms with E-state index in [2.05, 4.69) is 14.1 Å². The van der Waals surface area contributed by atoms with Gasteiger partial charge in [-0.05, 0) is 29.6 Å². The summed E-state index contributed by atoms with van der Waals surface area (Å²) < 4.78 is 8.98. The lowest BCUT2D eigenvalue weighted by atomic mass is 10.1. The zero-order valence-electron chi connectivity index (χ0n) is 8.48. The molecule has 84 valence electrons. The van der Waals surface area contributed by atoms with Crippen LogP contribution in [0.15, 0.2) is 38.0 Å². The van der Waals surface area contributed by atoms with E-state index in [0.717, 1.165) is 23.4 Å². The molecule has 2 aromatic rings. The highest BCUT2D eigenvalue weighted by Crippen LogP contribution is 2.17. The van der Waals surface area contributed by atoms with Crippen molar-refractivity contribution >= 4 is 11.6 Å². The normalized spacial score (nSPS) is 10.6. The third-order valence-electron chi connectivity index (χ3n) is 2.22. The third-order valence-corrected chi connectivity index (χ3v) is 2.59. The van der Waals surface area contributed by atoms with E-state index in [-0.39, 0.29) is 0 Å². The highest BCUT2D eigenvalue weighted by molar-refractivity contribution is 6.31. The summed E-state index contributed by atoms with van der Waals surface area (Å²) in [6.45, 7) is 0. The second-order valence-corrected chi connectivity index (χ2v) is 3.78. The number of nitrogens with zero attached hydrogens (tertiary/aromatic N) is 1. The Bertz CT molecular complexity index is 518. The molecule has 0 bridgehead atoms. The molecule has 1 aromatic heterocycles. The van der Waals surface area contributed by atoms with Gasteiger partial charge < -0.3 is 4.42 Å². The van der Waals surface area contributed by atoms with Gasteiger partial charge in [-0.25, -0.2) is 4.79 Å². The summed E-state index contributed by atoms with van der Waals surface area (Å²) in [7, 11) is 0. The molecule has 4 nitrogen and oxygen atoms in total. The van der Waals surface area contributed by atoms with Crippen LogP contribution in [-0.4, -0.2) is 5.16 Å². The Morgan fingerprint density at radius 3 is 2.75 bits per heavy atom. The second-order valence-electron chi connectivity index (χ2n) is 3.37. The molecule has 0 fully saturated rings. The fourth-order valence-corrected chi connectivity index (χ4v) is 1.68. The van der Waals surface area contributed by atoms with Crippen LogP contribution in [-0.2, 0) is 12.8 Å². The van der Waals surface area contributed by atoms with Crippen molar-refractivity contribution in [3.05, 3.63) is 51.4 Å². The summed E-state index contributed by atoms with van der Waals surface area (Å²) in [6, 6.07) is 7.66. The Hall–Kier alpha value is -1.55. The van der Waals surface area contributed by atoms with Crippen LogP contribution in [0.2, 0.25) is 5.02 Å². The quantitative estimate of drug-likeness (QED) is 0.822. The molecule has 0 aliphatic rings. The summed E-state index contributed by atoms with van der Waals surface area (Å²) in [5.74, 6) is -0.426. The molecule has 2 rings (SSSR count). The van der Waals surface area contributed by atoms with Crippen molar-refractivity contribution in [2.24, 2.45) is 0 Å². The van der Waals surface area contributed by atoms with E-state index in [0.29, 0.717) is 12.3 Å². The molecular weight excluding hydrogens is 230 g/mol. The van der Waals surface area contributed by atoms with Gasteiger partial charge in [0.2, 0.25) is 5.89 Å². The first-order valence-electron chi connectivity index (χ1n) is 4.95. The van der Waals surface area contributed by atoms with Crippen molar-refractivity contribution < 1.29 is 8.94 Å². The standard InChI is InChI=1S/C11H10ClNO3/c12-9-6-2-1-4-8(9)5-3-7-10-13-16-11(14)15-10/h1-2,4,6H,3,5,7H2. The number of aryl methyl sites for hydroxylation is 2. The van der Waals surface area contributed by atoms with E-state index >= 15 is 0 Å². The number of rotatable bonds is 4. The number of hydrogen-bond acceptors (Lipinski definition) is 4. The first-order valence-corrected chi connectivity index (χ1v) is 5.32. The Labute approximate surface area is 96.8 Å². The van der Waals surface area contributed by atoms with Crippen LogP contribution in [0.1, 0.15) is 17.9 Å². The highest BCUT2D eigenvalue weighted by atomic mass is 35.5. The van der Waals surface area contributed by atoms with Crippen LogP contribution in [0, 0.1) is 0 Å².